The predicted molar refractivity (Wildman–Crippen MR) is 107 cm³/mol. The van der Waals surface area contributed by atoms with Gasteiger partial charge in [0.25, 0.3) is 0 Å². The predicted octanol–water partition coefficient (Wildman–Crippen LogP) is 5.66. The van der Waals surface area contributed by atoms with Crippen LogP contribution in [0.3, 0.4) is 0 Å². The number of hydrogen-bond acceptors (Lipinski definition) is 4. The molecule has 0 spiro atoms. The molecule has 0 saturated carbocycles. The molecule has 2 aromatic rings. The van der Waals surface area contributed by atoms with E-state index in [1.807, 2.05) is 65.8 Å². The highest BCUT2D eigenvalue weighted by atomic mass is 31.2. The lowest BCUT2D eigenvalue weighted by Gasteiger charge is -2.24. The minimum Gasteiger partial charge on any atom is -0.481 e. The highest BCUT2D eigenvalue weighted by Crippen LogP contribution is 2.51. The van der Waals surface area contributed by atoms with E-state index in [2.05, 4.69) is 0 Å². The lowest BCUT2D eigenvalue weighted by molar-refractivity contribution is -0.136. The second-order valence-electron chi connectivity index (χ2n) is 7.12. The second kappa shape index (κ2) is 8.18. The van der Waals surface area contributed by atoms with E-state index in [1.165, 1.54) is 0 Å². The van der Waals surface area contributed by atoms with Gasteiger partial charge < -0.3 is 14.2 Å². The molecule has 0 aliphatic rings. The van der Waals surface area contributed by atoms with Crippen LogP contribution in [0, 0.1) is 41.5 Å². The van der Waals surface area contributed by atoms with E-state index in [1.54, 1.807) is 0 Å². The van der Waals surface area contributed by atoms with Gasteiger partial charge in [0.05, 0.1) is 12.6 Å². The minimum atomic E-state index is -3.74. The molecule has 146 valence electrons. The van der Waals surface area contributed by atoms with Crippen LogP contribution in [-0.2, 0) is 9.36 Å². The largest absolute Gasteiger partial charge is 0.481 e. The molecule has 2 aromatic carbocycles. The third-order valence-electron chi connectivity index (χ3n) is 4.27. The van der Waals surface area contributed by atoms with Crippen molar-refractivity contribution in [2.45, 2.75) is 48.0 Å². The molecule has 0 heterocycles. The molecule has 2 rings (SSSR count). The fourth-order valence-corrected chi connectivity index (χ4v) is 5.06. The summed E-state index contributed by atoms with van der Waals surface area (Å²) < 4.78 is 25.3. The minimum absolute atomic E-state index is 0.207. The van der Waals surface area contributed by atoms with Crippen molar-refractivity contribution in [2.75, 3.05) is 6.16 Å². The first-order valence-electron chi connectivity index (χ1n) is 8.86. The van der Waals surface area contributed by atoms with E-state index in [9.17, 15) is 9.36 Å². The molecule has 0 saturated heterocycles. The van der Waals surface area contributed by atoms with Crippen molar-refractivity contribution >= 4 is 13.6 Å². The summed E-state index contributed by atoms with van der Waals surface area (Å²) in [4.78, 5) is 11.1. The smallest absolute Gasteiger partial charge is 0.431 e. The van der Waals surface area contributed by atoms with Crippen molar-refractivity contribution in [2.24, 2.45) is 0 Å². The summed E-state index contributed by atoms with van der Waals surface area (Å²) >= 11 is 0. The zero-order valence-corrected chi connectivity index (χ0v) is 17.6. The third-order valence-corrected chi connectivity index (χ3v) is 5.96. The Morgan fingerprint density at radius 3 is 1.44 bits per heavy atom. The summed E-state index contributed by atoms with van der Waals surface area (Å²) in [6.07, 6.45) is -0.507. The van der Waals surface area contributed by atoms with Crippen LogP contribution in [0.1, 0.15) is 39.8 Å². The molecule has 0 fully saturated rings. The van der Waals surface area contributed by atoms with E-state index in [0.717, 1.165) is 33.4 Å². The second-order valence-corrected chi connectivity index (χ2v) is 9.15. The number of rotatable bonds is 7. The van der Waals surface area contributed by atoms with Crippen molar-refractivity contribution in [3.05, 3.63) is 57.6 Å². The van der Waals surface area contributed by atoms with Crippen LogP contribution < -0.4 is 9.05 Å². The molecule has 0 aliphatic heterocycles. The monoisotopic (exact) mass is 390 g/mol. The number of carbonyl (C=O) groups is 1. The van der Waals surface area contributed by atoms with Crippen LogP contribution in [0.2, 0.25) is 0 Å². The average molecular weight is 390 g/mol. The quantitative estimate of drug-likeness (QED) is 0.617. The van der Waals surface area contributed by atoms with Crippen LogP contribution in [-0.4, -0.2) is 17.2 Å². The van der Waals surface area contributed by atoms with Gasteiger partial charge in [-0.05, 0) is 63.8 Å². The highest BCUT2D eigenvalue weighted by Gasteiger charge is 2.31. The molecule has 6 heteroatoms. The molecule has 0 amide bonds. The van der Waals surface area contributed by atoms with Crippen molar-refractivity contribution < 1.29 is 23.5 Å². The summed E-state index contributed by atoms with van der Waals surface area (Å²) in [5.74, 6) is -0.0781. The number of aryl methyl sites for hydroxylation is 6. The van der Waals surface area contributed by atoms with Crippen molar-refractivity contribution in [1.29, 1.82) is 0 Å². The van der Waals surface area contributed by atoms with Gasteiger partial charge in [0.1, 0.15) is 11.5 Å². The normalized spacial score (nSPS) is 11.3. The van der Waals surface area contributed by atoms with Gasteiger partial charge in [0, 0.05) is 0 Å². The lowest BCUT2D eigenvalue weighted by atomic mass is 10.1. The summed E-state index contributed by atoms with van der Waals surface area (Å²) in [7, 11) is -3.74. The number of benzene rings is 2. The Bertz CT molecular complexity index is 807. The molecule has 0 radical (unpaired) electrons. The van der Waals surface area contributed by atoms with E-state index < -0.39 is 13.6 Å². The first-order valence-corrected chi connectivity index (χ1v) is 10.6. The average Bonchev–Trinajstić information content (AvgIpc) is 2.53. The number of hydrogen-bond donors (Lipinski definition) is 1. The van der Waals surface area contributed by atoms with Crippen LogP contribution in [0.25, 0.3) is 0 Å². The van der Waals surface area contributed by atoms with Gasteiger partial charge in [-0.3, -0.25) is 4.79 Å². The van der Waals surface area contributed by atoms with E-state index in [0.29, 0.717) is 11.5 Å². The maximum Gasteiger partial charge on any atom is 0.431 e. The Balaban J connectivity index is 2.45. The molecule has 0 bridgehead atoms. The first-order chi connectivity index (χ1) is 12.5. The molecule has 1 N–H and O–H groups in total. The van der Waals surface area contributed by atoms with Crippen LogP contribution in [0.5, 0.6) is 11.5 Å². The highest BCUT2D eigenvalue weighted by molar-refractivity contribution is 7.54. The molecule has 5 nitrogen and oxygen atoms in total. The van der Waals surface area contributed by atoms with Crippen molar-refractivity contribution in [3.63, 3.8) is 0 Å². The lowest BCUT2D eigenvalue weighted by Crippen LogP contribution is -2.11. The van der Waals surface area contributed by atoms with Gasteiger partial charge in [-0.25, -0.2) is 4.57 Å². The van der Waals surface area contributed by atoms with Gasteiger partial charge in [0.2, 0.25) is 0 Å². The first kappa shape index (κ1) is 21.0. The maximum atomic E-state index is 13.5. The van der Waals surface area contributed by atoms with Gasteiger partial charge in [-0.1, -0.05) is 35.4 Å². The van der Waals surface area contributed by atoms with Crippen LogP contribution >= 0.6 is 7.60 Å². The molecular formula is C21H27O5P. The fraction of sp³-hybridized carbons (Fsp3) is 0.381. The molecule has 27 heavy (non-hydrogen) atoms. The Morgan fingerprint density at radius 1 is 0.815 bits per heavy atom. The number of carboxylic acids is 1. The third kappa shape index (κ3) is 5.36. The van der Waals surface area contributed by atoms with E-state index >= 15 is 0 Å². The molecular weight excluding hydrogens is 363 g/mol. The van der Waals surface area contributed by atoms with Gasteiger partial charge in [0.15, 0.2) is 0 Å². The van der Waals surface area contributed by atoms with Crippen LogP contribution in [0.4, 0.5) is 0 Å². The van der Waals surface area contributed by atoms with Gasteiger partial charge in [-0.15, -0.1) is 0 Å². The number of carboxylic acid groups (broad SMARTS) is 1. The SMILES string of the molecule is Cc1cc(C)c(OP(=O)(CCC(=O)O)Oc2c(C)cc(C)cc2C)c(C)c1. The topological polar surface area (TPSA) is 72.8 Å². The Hall–Kier alpha value is -2.26. The molecule has 0 atom stereocenters. The zero-order chi connectivity index (χ0) is 20.4. The van der Waals surface area contributed by atoms with Crippen LogP contribution in [0.15, 0.2) is 24.3 Å². The summed E-state index contributed by atoms with van der Waals surface area (Å²) in [6.45, 7) is 11.4. The summed E-state index contributed by atoms with van der Waals surface area (Å²) in [5, 5.41) is 9.07. The molecule has 0 aromatic heterocycles. The van der Waals surface area contributed by atoms with Crippen molar-refractivity contribution in [3.8, 4) is 11.5 Å². The van der Waals surface area contributed by atoms with Gasteiger partial charge >= 0.3 is 13.6 Å². The standard InChI is InChI=1S/C21H27O5P/c1-13-9-15(3)20(16(4)10-13)25-27(24,8-7-19(22)23)26-21-17(5)11-14(2)12-18(21)6/h9-12H,7-8H2,1-6H3,(H,22,23). The van der Waals surface area contributed by atoms with Crippen molar-refractivity contribution in [1.82, 2.24) is 0 Å². The summed E-state index contributed by atoms with van der Waals surface area (Å²) in [5.41, 5.74) is 5.49. The number of aliphatic carboxylic acids is 1. The van der Waals surface area contributed by atoms with E-state index in [-0.39, 0.29) is 12.6 Å². The zero-order valence-electron chi connectivity index (χ0n) is 16.8. The molecule has 0 unspecified atom stereocenters. The Labute approximate surface area is 160 Å². The van der Waals surface area contributed by atoms with Gasteiger partial charge in [-0.2, -0.15) is 0 Å². The Morgan fingerprint density at radius 2 is 1.15 bits per heavy atom. The maximum absolute atomic E-state index is 13.5. The molecule has 0 aliphatic carbocycles. The Kier molecular flexibility index (Phi) is 6.38. The fourth-order valence-electron chi connectivity index (χ4n) is 3.24. The summed E-state index contributed by atoms with van der Waals surface area (Å²) in [6, 6.07) is 7.75. The van der Waals surface area contributed by atoms with E-state index in [4.69, 9.17) is 14.2 Å².